The van der Waals surface area contributed by atoms with E-state index in [2.05, 4.69) is 15.5 Å². The summed E-state index contributed by atoms with van der Waals surface area (Å²) >= 11 is 12.0. The molecule has 0 aliphatic heterocycles. The smallest absolute Gasteiger partial charge is 0.228 e. The van der Waals surface area contributed by atoms with Crippen molar-refractivity contribution in [2.75, 3.05) is 32.5 Å². The first kappa shape index (κ1) is 18.0. The number of nitrogens with zero attached hydrogens (tertiary/aromatic N) is 1. The SMILES string of the molecule is CN(C)CCCNC(=O)C1CC1C(=O)Nc1cccc(Cl)c1Cl. The molecule has 0 spiro atoms. The van der Waals surface area contributed by atoms with E-state index in [-0.39, 0.29) is 23.7 Å². The Morgan fingerprint density at radius 1 is 1.22 bits per heavy atom. The van der Waals surface area contributed by atoms with Gasteiger partial charge in [0.25, 0.3) is 0 Å². The maximum absolute atomic E-state index is 12.2. The van der Waals surface area contributed by atoms with Crippen molar-refractivity contribution in [3.05, 3.63) is 28.2 Å². The third kappa shape index (κ3) is 5.09. The van der Waals surface area contributed by atoms with Crippen LogP contribution in [0.5, 0.6) is 0 Å². The standard InChI is InChI=1S/C16H21Cl2N3O2/c1-21(2)8-4-7-19-15(22)10-9-11(10)16(23)20-13-6-3-5-12(17)14(13)18/h3,5-6,10-11H,4,7-9H2,1-2H3,(H,19,22)(H,20,23). The van der Waals surface area contributed by atoms with Crippen LogP contribution in [0.2, 0.25) is 10.0 Å². The zero-order chi connectivity index (χ0) is 17.0. The maximum Gasteiger partial charge on any atom is 0.228 e. The van der Waals surface area contributed by atoms with E-state index in [1.54, 1.807) is 18.2 Å². The minimum absolute atomic E-state index is 0.0545. The van der Waals surface area contributed by atoms with Gasteiger partial charge in [-0.2, -0.15) is 0 Å². The van der Waals surface area contributed by atoms with Crippen LogP contribution in [-0.4, -0.2) is 43.9 Å². The van der Waals surface area contributed by atoms with E-state index >= 15 is 0 Å². The maximum atomic E-state index is 12.2. The number of amides is 2. The van der Waals surface area contributed by atoms with Crippen LogP contribution in [0.15, 0.2) is 18.2 Å². The van der Waals surface area contributed by atoms with Crippen molar-refractivity contribution in [1.29, 1.82) is 0 Å². The summed E-state index contributed by atoms with van der Waals surface area (Å²) in [6, 6.07) is 5.05. The van der Waals surface area contributed by atoms with E-state index in [0.29, 0.717) is 28.7 Å². The van der Waals surface area contributed by atoms with Crippen molar-refractivity contribution in [2.24, 2.45) is 11.8 Å². The number of hydrogen-bond donors (Lipinski definition) is 2. The molecular weight excluding hydrogens is 337 g/mol. The molecule has 1 aromatic rings. The zero-order valence-corrected chi connectivity index (χ0v) is 14.7. The number of carbonyl (C=O) groups excluding carboxylic acids is 2. The first-order valence-electron chi connectivity index (χ1n) is 7.57. The highest BCUT2D eigenvalue weighted by Crippen LogP contribution is 2.40. The van der Waals surface area contributed by atoms with Gasteiger partial charge in [-0.15, -0.1) is 0 Å². The van der Waals surface area contributed by atoms with Gasteiger partial charge in [0.2, 0.25) is 11.8 Å². The summed E-state index contributed by atoms with van der Waals surface area (Å²) < 4.78 is 0. The second-order valence-electron chi connectivity index (χ2n) is 5.99. The molecule has 1 aliphatic rings. The fraction of sp³-hybridized carbons (Fsp3) is 0.500. The first-order valence-corrected chi connectivity index (χ1v) is 8.33. The average Bonchev–Trinajstić information content (AvgIpc) is 3.28. The second-order valence-corrected chi connectivity index (χ2v) is 6.77. The quantitative estimate of drug-likeness (QED) is 0.737. The number of rotatable bonds is 7. The molecule has 5 nitrogen and oxygen atoms in total. The lowest BCUT2D eigenvalue weighted by atomic mass is 10.2. The highest BCUT2D eigenvalue weighted by Gasteiger charge is 2.47. The Kier molecular flexibility index (Phi) is 6.27. The van der Waals surface area contributed by atoms with Crippen LogP contribution in [0.1, 0.15) is 12.8 Å². The lowest BCUT2D eigenvalue weighted by Gasteiger charge is -2.10. The van der Waals surface area contributed by atoms with Crippen molar-refractivity contribution in [2.45, 2.75) is 12.8 Å². The lowest BCUT2D eigenvalue weighted by molar-refractivity contribution is -0.125. The average molecular weight is 358 g/mol. The fourth-order valence-corrected chi connectivity index (χ4v) is 2.69. The summed E-state index contributed by atoms with van der Waals surface area (Å²) in [6.07, 6.45) is 1.46. The van der Waals surface area contributed by atoms with Crippen LogP contribution in [0.3, 0.4) is 0 Å². The summed E-state index contributed by atoms with van der Waals surface area (Å²) in [7, 11) is 3.98. The van der Waals surface area contributed by atoms with Gasteiger partial charge in [0.15, 0.2) is 0 Å². The molecular formula is C16H21Cl2N3O2. The number of benzene rings is 1. The first-order chi connectivity index (χ1) is 10.9. The van der Waals surface area contributed by atoms with E-state index < -0.39 is 0 Å². The van der Waals surface area contributed by atoms with Crippen molar-refractivity contribution in [1.82, 2.24) is 10.2 Å². The molecule has 2 amide bonds. The lowest BCUT2D eigenvalue weighted by Crippen LogP contribution is -2.30. The highest BCUT2D eigenvalue weighted by atomic mass is 35.5. The van der Waals surface area contributed by atoms with Gasteiger partial charge in [0.1, 0.15) is 0 Å². The zero-order valence-electron chi connectivity index (χ0n) is 13.2. The largest absolute Gasteiger partial charge is 0.356 e. The molecule has 2 atom stereocenters. The van der Waals surface area contributed by atoms with Crippen molar-refractivity contribution < 1.29 is 9.59 Å². The van der Waals surface area contributed by atoms with Gasteiger partial charge in [0.05, 0.1) is 27.6 Å². The molecule has 23 heavy (non-hydrogen) atoms. The molecule has 7 heteroatoms. The molecule has 0 bridgehead atoms. The number of nitrogens with one attached hydrogen (secondary N) is 2. The van der Waals surface area contributed by atoms with Crippen LogP contribution in [0.25, 0.3) is 0 Å². The van der Waals surface area contributed by atoms with E-state index in [0.717, 1.165) is 13.0 Å². The van der Waals surface area contributed by atoms with Gasteiger partial charge in [-0.3, -0.25) is 9.59 Å². The number of carbonyl (C=O) groups is 2. The number of anilines is 1. The van der Waals surface area contributed by atoms with Crippen LogP contribution >= 0.6 is 23.2 Å². The minimum Gasteiger partial charge on any atom is -0.356 e. The molecule has 1 fully saturated rings. The van der Waals surface area contributed by atoms with E-state index in [4.69, 9.17) is 23.2 Å². The van der Waals surface area contributed by atoms with Crippen molar-refractivity contribution in [3.63, 3.8) is 0 Å². The normalized spacial score (nSPS) is 19.5. The van der Waals surface area contributed by atoms with Gasteiger partial charge in [-0.1, -0.05) is 29.3 Å². The van der Waals surface area contributed by atoms with Gasteiger partial charge in [-0.25, -0.2) is 0 Å². The molecule has 2 unspecified atom stereocenters. The van der Waals surface area contributed by atoms with Gasteiger partial charge in [-0.05, 0) is 45.6 Å². The predicted molar refractivity (Wildman–Crippen MR) is 92.9 cm³/mol. The predicted octanol–water partition coefficient (Wildman–Crippen LogP) is 2.64. The third-order valence-corrected chi connectivity index (χ3v) is 4.57. The van der Waals surface area contributed by atoms with E-state index in [9.17, 15) is 9.59 Å². The summed E-state index contributed by atoms with van der Waals surface area (Å²) in [6.45, 7) is 1.55. The van der Waals surface area contributed by atoms with Crippen LogP contribution < -0.4 is 10.6 Å². The fourth-order valence-electron chi connectivity index (χ4n) is 2.34. The molecule has 1 aliphatic carbocycles. The third-order valence-electron chi connectivity index (χ3n) is 3.75. The van der Waals surface area contributed by atoms with Gasteiger partial charge in [0, 0.05) is 6.54 Å². The molecule has 0 radical (unpaired) electrons. The molecule has 2 N–H and O–H groups in total. The summed E-state index contributed by atoms with van der Waals surface area (Å²) in [5.74, 6) is -0.782. The van der Waals surface area contributed by atoms with Gasteiger partial charge < -0.3 is 15.5 Å². The number of halogens is 2. The van der Waals surface area contributed by atoms with E-state index in [1.807, 2.05) is 14.1 Å². The van der Waals surface area contributed by atoms with Crippen LogP contribution in [0.4, 0.5) is 5.69 Å². The Balaban J connectivity index is 1.78. The topological polar surface area (TPSA) is 61.4 Å². The van der Waals surface area contributed by atoms with Crippen molar-refractivity contribution >= 4 is 40.7 Å². The Bertz CT molecular complexity index is 593. The Hall–Kier alpha value is -1.30. The summed E-state index contributed by atoms with van der Waals surface area (Å²) in [4.78, 5) is 26.2. The molecule has 1 saturated carbocycles. The number of hydrogen-bond acceptors (Lipinski definition) is 3. The van der Waals surface area contributed by atoms with Crippen molar-refractivity contribution in [3.8, 4) is 0 Å². The molecule has 126 valence electrons. The molecule has 1 aromatic carbocycles. The molecule has 0 aromatic heterocycles. The Morgan fingerprint density at radius 3 is 2.61 bits per heavy atom. The molecule has 0 heterocycles. The second kappa shape index (κ2) is 7.99. The molecule has 2 rings (SSSR count). The van der Waals surface area contributed by atoms with Gasteiger partial charge >= 0.3 is 0 Å². The Morgan fingerprint density at radius 2 is 1.91 bits per heavy atom. The monoisotopic (exact) mass is 357 g/mol. The summed E-state index contributed by atoms with van der Waals surface area (Å²) in [5, 5.41) is 6.31. The summed E-state index contributed by atoms with van der Waals surface area (Å²) in [5.41, 5.74) is 0.473. The molecule has 0 saturated heterocycles. The van der Waals surface area contributed by atoms with Crippen LogP contribution in [-0.2, 0) is 9.59 Å². The minimum atomic E-state index is -0.293. The Labute approximate surface area is 146 Å². The van der Waals surface area contributed by atoms with E-state index in [1.165, 1.54) is 0 Å². The van der Waals surface area contributed by atoms with Crippen LogP contribution in [0, 0.1) is 11.8 Å². The highest BCUT2D eigenvalue weighted by molar-refractivity contribution is 6.44.